The van der Waals surface area contributed by atoms with E-state index < -0.39 is 17.5 Å². The lowest BCUT2D eigenvalue weighted by atomic mass is 10.1. The average Bonchev–Trinajstić information content (AvgIpc) is 2.58. The van der Waals surface area contributed by atoms with Crippen LogP contribution >= 0.6 is 0 Å². The number of carbonyl (C=O) groups is 1. The van der Waals surface area contributed by atoms with E-state index in [4.69, 9.17) is 4.42 Å². The smallest absolute Gasteiger partial charge is 0.248 e. The Bertz CT molecular complexity index is 1010. The van der Waals surface area contributed by atoms with Gasteiger partial charge in [-0.05, 0) is 30.3 Å². The first-order valence-corrected chi connectivity index (χ1v) is 6.99. The van der Waals surface area contributed by atoms with E-state index in [2.05, 4.69) is 5.32 Å². The molecule has 1 amide bonds. The van der Waals surface area contributed by atoms with Gasteiger partial charge in [0.25, 0.3) is 0 Å². The van der Waals surface area contributed by atoms with Gasteiger partial charge in [0, 0.05) is 12.1 Å². The highest BCUT2D eigenvalue weighted by Crippen LogP contribution is 2.15. The molecule has 0 unspecified atom stereocenters. The summed E-state index contributed by atoms with van der Waals surface area (Å²) >= 11 is 0. The van der Waals surface area contributed by atoms with E-state index >= 15 is 0 Å². The van der Waals surface area contributed by atoms with E-state index in [1.54, 1.807) is 24.3 Å². The maximum atomic E-state index is 13.5. The van der Waals surface area contributed by atoms with Crippen molar-refractivity contribution in [3.63, 3.8) is 0 Å². The molecule has 3 aromatic rings. The summed E-state index contributed by atoms with van der Waals surface area (Å²) in [7, 11) is 0. The minimum absolute atomic E-state index is 0.170. The number of halogens is 2. The normalized spacial score (nSPS) is 11.1. The first-order chi connectivity index (χ1) is 11.5. The second-order valence-electron chi connectivity index (χ2n) is 4.96. The average molecular weight is 327 g/mol. The summed E-state index contributed by atoms with van der Waals surface area (Å²) in [6.45, 7) is 0. The van der Waals surface area contributed by atoms with Crippen LogP contribution in [0.2, 0.25) is 0 Å². The van der Waals surface area contributed by atoms with Gasteiger partial charge in [-0.1, -0.05) is 12.1 Å². The van der Waals surface area contributed by atoms with E-state index in [-0.39, 0.29) is 16.7 Å². The Morgan fingerprint density at radius 2 is 1.92 bits per heavy atom. The zero-order chi connectivity index (χ0) is 17.1. The molecule has 0 radical (unpaired) electrons. The van der Waals surface area contributed by atoms with Crippen molar-refractivity contribution >= 4 is 28.6 Å². The number of amides is 1. The molecule has 1 N–H and O–H groups in total. The number of rotatable bonds is 3. The number of anilines is 1. The summed E-state index contributed by atoms with van der Waals surface area (Å²) < 4.78 is 31.8. The Kier molecular flexibility index (Phi) is 4.20. The molecular formula is C18H11F2NO3. The molecule has 2 aromatic carbocycles. The summed E-state index contributed by atoms with van der Waals surface area (Å²) in [5.74, 6) is -2.14. The van der Waals surface area contributed by atoms with E-state index in [0.717, 1.165) is 24.3 Å². The van der Waals surface area contributed by atoms with Crippen LogP contribution in [0.4, 0.5) is 14.5 Å². The third-order valence-corrected chi connectivity index (χ3v) is 3.31. The van der Waals surface area contributed by atoms with Crippen molar-refractivity contribution in [2.45, 2.75) is 0 Å². The van der Waals surface area contributed by atoms with Crippen LogP contribution in [0.1, 0.15) is 5.56 Å². The van der Waals surface area contributed by atoms with Crippen LogP contribution in [0.15, 0.2) is 64.0 Å². The standard InChI is InChI=1S/C18H11F2NO3/c19-12-6-7-14(20)15(9-12)21-17(22)8-5-11-10-24-16-4-2-1-3-13(16)18(11)23/h1-10H,(H,21,22)/b8-5+. The lowest BCUT2D eigenvalue weighted by molar-refractivity contribution is -0.111. The molecular weight excluding hydrogens is 316 g/mol. The lowest BCUT2D eigenvalue weighted by Crippen LogP contribution is -2.10. The van der Waals surface area contributed by atoms with Gasteiger partial charge in [0.2, 0.25) is 5.91 Å². The third kappa shape index (κ3) is 3.22. The molecule has 0 atom stereocenters. The summed E-state index contributed by atoms with van der Waals surface area (Å²) in [5, 5.41) is 2.59. The quantitative estimate of drug-likeness (QED) is 0.746. The molecule has 24 heavy (non-hydrogen) atoms. The number of carbonyl (C=O) groups excluding carboxylic acids is 1. The van der Waals surface area contributed by atoms with E-state index in [1.165, 1.54) is 12.3 Å². The van der Waals surface area contributed by atoms with Crippen LogP contribution < -0.4 is 10.7 Å². The van der Waals surface area contributed by atoms with Crippen molar-refractivity contribution in [3.05, 3.63) is 82.2 Å². The third-order valence-electron chi connectivity index (χ3n) is 3.31. The Hall–Kier alpha value is -3.28. The number of hydrogen-bond acceptors (Lipinski definition) is 3. The number of benzene rings is 2. The van der Waals surface area contributed by atoms with Crippen molar-refractivity contribution in [1.29, 1.82) is 0 Å². The predicted octanol–water partition coefficient (Wildman–Crippen LogP) is 3.72. The van der Waals surface area contributed by atoms with Gasteiger partial charge in [0.15, 0.2) is 5.43 Å². The van der Waals surface area contributed by atoms with Gasteiger partial charge in [-0.2, -0.15) is 0 Å². The molecule has 0 saturated heterocycles. The fourth-order valence-electron chi connectivity index (χ4n) is 2.14. The van der Waals surface area contributed by atoms with E-state index in [9.17, 15) is 18.4 Å². The number of para-hydroxylation sites is 1. The molecule has 0 fully saturated rings. The molecule has 0 spiro atoms. The van der Waals surface area contributed by atoms with Crippen LogP contribution in [0.3, 0.4) is 0 Å². The van der Waals surface area contributed by atoms with Crippen molar-refractivity contribution in [3.8, 4) is 0 Å². The molecule has 1 heterocycles. The first-order valence-electron chi connectivity index (χ1n) is 6.99. The molecule has 4 nitrogen and oxygen atoms in total. The highest BCUT2D eigenvalue weighted by Gasteiger charge is 2.07. The maximum absolute atomic E-state index is 13.5. The largest absolute Gasteiger partial charge is 0.463 e. The van der Waals surface area contributed by atoms with Gasteiger partial charge in [0.1, 0.15) is 23.5 Å². The van der Waals surface area contributed by atoms with Crippen LogP contribution in [-0.2, 0) is 4.79 Å². The van der Waals surface area contributed by atoms with Crippen LogP contribution in [0, 0.1) is 11.6 Å². The maximum Gasteiger partial charge on any atom is 0.248 e. The monoisotopic (exact) mass is 327 g/mol. The number of hydrogen-bond donors (Lipinski definition) is 1. The minimum atomic E-state index is -0.761. The molecule has 0 saturated carbocycles. The molecule has 0 bridgehead atoms. The van der Waals surface area contributed by atoms with Crippen LogP contribution in [0.25, 0.3) is 17.0 Å². The van der Waals surface area contributed by atoms with Gasteiger partial charge in [-0.3, -0.25) is 9.59 Å². The minimum Gasteiger partial charge on any atom is -0.463 e. The topological polar surface area (TPSA) is 59.3 Å². The van der Waals surface area contributed by atoms with Crippen molar-refractivity contribution < 1.29 is 18.0 Å². The van der Waals surface area contributed by atoms with Crippen molar-refractivity contribution in [2.75, 3.05) is 5.32 Å². The van der Waals surface area contributed by atoms with Gasteiger partial charge >= 0.3 is 0 Å². The Labute approximate surface area is 135 Å². The van der Waals surface area contributed by atoms with Gasteiger partial charge in [0.05, 0.1) is 16.6 Å². The first kappa shape index (κ1) is 15.6. The zero-order valence-electron chi connectivity index (χ0n) is 12.3. The SMILES string of the molecule is O=C(/C=C/c1coc2ccccc2c1=O)Nc1cc(F)ccc1F. The molecule has 0 aliphatic heterocycles. The lowest BCUT2D eigenvalue weighted by Gasteiger charge is -2.03. The van der Waals surface area contributed by atoms with Crippen molar-refractivity contribution in [2.24, 2.45) is 0 Å². The molecule has 0 aliphatic rings. The van der Waals surface area contributed by atoms with Gasteiger partial charge < -0.3 is 9.73 Å². The fraction of sp³-hybridized carbons (Fsp3) is 0. The predicted molar refractivity (Wildman–Crippen MR) is 86.5 cm³/mol. The molecule has 120 valence electrons. The number of fused-ring (bicyclic) bond motifs is 1. The summed E-state index contributed by atoms with van der Waals surface area (Å²) in [6.07, 6.45) is 3.54. The molecule has 1 aromatic heterocycles. The van der Waals surface area contributed by atoms with Crippen LogP contribution in [-0.4, -0.2) is 5.91 Å². The Morgan fingerprint density at radius 1 is 1.12 bits per heavy atom. The summed E-state index contributed by atoms with van der Waals surface area (Å²) in [5.41, 5.74) is 0.0301. The molecule has 0 aliphatic carbocycles. The zero-order valence-corrected chi connectivity index (χ0v) is 12.3. The van der Waals surface area contributed by atoms with Gasteiger partial charge in [-0.15, -0.1) is 0 Å². The highest BCUT2D eigenvalue weighted by atomic mass is 19.1. The molecule has 3 rings (SSSR count). The Balaban J connectivity index is 1.83. The van der Waals surface area contributed by atoms with Crippen molar-refractivity contribution in [1.82, 2.24) is 0 Å². The van der Waals surface area contributed by atoms with Gasteiger partial charge in [-0.25, -0.2) is 8.78 Å². The summed E-state index contributed by atoms with van der Waals surface area (Å²) in [4.78, 5) is 24.1. The second kappa shape index (κ2) is 6.45. The second-order valence-corrected chi connectivity index (χ2v) is 4.96. The van der Waals surface area contributed by atoms with E-state index in [1.807, 2.05) is 0 Å². The molecule has 6 heteroatoms. The summed E-state index contributed by atoms with van der Waals surface area (Å²) in [6, 6.07) is 9.43. The highest BCUT2D eigenvalue weighted by molar-refractivity contribution is 6.02. The fourth-order valence-corrected chi connectivity index (χ4v) is 2.14. The van der Waals surface area contributed by atoms with E-state index in [0.29, 0.717) is 11.0 Å². The number of nitrogens with one attached hydrogen (secondary N) is 1. The Morgan fingerprint density at radius 3 is 2.75 bits per heavy atom. The van der Waals surface area contributed by atoms with Crippen LogP contribution in [0.5, 0.6) is 0 Å².